The van der Waals surface area contributed by atoms with Crippen LogP contribution >= 0.6 is 0 Å². The maximum Gasteiger partial charge on any atom is 0.161 e. The molecule has 0 unspecified atom stereocenters. The maximum atomic E-state index is 6.53. The second kappa shape index (κ2) is 12.4. The SMILES string of the molecule is C=N/C(=N\C(=N/Cc1ccc2ccc3ccccc3c2c1)c1ccc2ccccc2c1)c1ccc(-c2ccccc2)c2oc3ccccc3c12. The molecule has 0 atom stereocenters. The lowest BCUT2D eigenvalue weighted by Gasteiger charge is -2.10. The highest BCUT2D eigenvalue weighted by atomic mass is 16.3. The molecular weight excluding hydrogens is 611 g/mol. The van der Waals surface area contributed by atoms with Gasteiger partial charge in [-0.1, -0.05) is 133 Å². The minimum atomic E-state index is 0.451. The number of furan rings is 1. The molecule has 50 heavy (non-hydrogen) atoms. The molecule has 9 rings (SSSR count). The number of aliphatic imine (C=N–C) groups is 3. The number of para-hydroxylation sites is 1. The fourth-order valence-corrected chi connectivity index (χ4v) is 6.97. The standard InChI is InChI=1S/C46H31N3O/c1-47-46(40-26-25-38(32-12-3-2-4-13-32)44-43(40)39-17-9-10-18-42(39)50-44)49-45(36-24-21-31-11-5-6-15-35(31)28-36)48-29-30-19-20-34-23-22-33-14-7-8-16-37(33)41(34)27-30/h2-28H,1,29H2/b48-45-,49-46-. The van der Waals surface area contributed by atoms with Gasteiger partial charge in [-0.25, -0.2) is 9.98 Å². The Bertz CT molecular complexity index is 2810. The van der Waals surface area contributed by atoms with Gasteiger partial charge in [0, 0.05) is 27.5 Å². The summed E-state index contributed by atoms with van der Waals surface area (Å²) in [6.07, 6.45) is 0. The van der Waals surface area contributed by atoms with Gasteiger partial charge in [-0.2, -0.15) is 0 Å². The Labute approximate surface area is 289 Å². The summed E-state index contributed by atoms with van der Waals surface area (Å²) in [4.78, 5) is 14.9. The van der Waals surface area contributed by atoms with Crippen molar-refractivity contribution in [3.8, 4) is 11.1 Å². The first-order chi connectivity index (χ1) is 24.7. The third-order valence-corrected chi connectivity index (χ3v) is 9.44. The summed E-state index contributed by atoms with van der Waals surface area (Å²) < 4.78 is 6.53. The van der Waals surface area contributed by atoms with Crippen molar-refractivity contribution in [1.29, 1.82) is 0 Å². The van der Waals surface area contributed by atoms with Gasteiger partial charge in [0.2, 0.25) is 0 Å². The highest BCUT2D eigenvalue weighted by Crippen LogP contribution is 2.38. The van der Waals surface area contributed by atoms with E-state index in [4.69, 9.17) is 14.4 Å². The quantitative estimate of drug-likeness (QED) is 0.105. The van der Waals surface area contributed by atoms with Crippen molar-refractivity contribution in [1.82, 2.24) is 0 Å². The zero-order valence-electron chi connectivity index (χ0n) is 27.3. The molecule has 4 heteroatoms. The first-order valence-corrected chi connectivity index (χ1v) is 16.7. The molecule has 1 heterocycles. The van der Waals surface area contributed by atoms with Gasteiger partial charge in [0.05, 0.1) is 6.54 Å². The summed E-state index contributed by atoms with van der Waals surface area (Å²) in [5.41, 5.74) is 6.54. The minimum Gasteiger partial charge on any atom is -0.455 e. The molecule has 0 fully saturated rings. The lowest BCUT2D eigenvalue weighted by Crippen LogP contribution is -2.06. The summed E-state index contributed by atoms with van der Waals surface area (Å²) in [6, 6.07) is 56.7. The van der Waals surface area contributed by atoms with Gasteiger partial charge in [0.1, 0.15) is 11.2 Å². The molecule has 0 spiro atoms. The molecule has 0 radical (unpaired) electrons. The van der Waals surface area contributed by atoms with Crippen molar-refractivity contribution < 1.29 is 4.42 Å². The van der Waals surface area contributed by atoms with Crippen LogP contribution < -0.4 is 0 Å². The van der Waals surface area contributed by atoms with E-state index in [2.05, 4.69) is 139 Å². The van der Waals surface area contributed by atoms with Crippen LogP contribution in [0.2, 0.25) is 0 Å². The fraction of sp³-hybridized carbons (Fsp3) is 0.0217. The van der Waals surface area contributed by atoms with Crippen LogP contribution in [0.25, 0.3) is 65.4 Å². The number of amidine groups is 2. The highest BCUT2D eigenvalue weighted by Gasteiger charge is 2.19. The zero-order chi connectivity index (χ0) is 33.4. The van der Waals surface area contributed by atoms with Gasteiger partial charge in [0.25, 0.3) is 0 Å². The van der Waals surface area contributed by atoms with Crippen molar-refractivity contribution in [2.45, 2.75) is 6.54 Å². The van der Waals surface area contributed by atoms with Gasteiger partial charge in [-0.3, -0.25) is 4.99 Å². The highest BCUT2D eigenvalue weighted by molar-refractivity contribution is 6.23. The molecule has 0 aliphatic carbocycles. The average Bonchev–Trinajstić information content (AvgIpc) is 3.58. The van der Waals surface area contributed by atoms with Crippen molar-refractivity contribution in [2.24, 2.45) is 15.0 Å². The van der Waals surface area contributed by atoms with E-state index in [9.17, 15) is 0 Å². The third kappa shape index (κ3) is 5.24. The van der Waals surface area contributed by atoms with Crippen molar-refractivity contribution >= 4 is 72.6 Å². The fourth-order valence-electron chi connectivity index (χ4n) is 6.97. The molecule has 4 nitrogen and oxygen atoms in total. The van der Waals surface area contributed by atoms with Crippen LogP contribution in [-0.2, 0) is 6.54 Å². The van der Waals surface area contributed by atoms with Crippen LogP contribution in [0.1, 0.15) is 16.7 Å². The van der Waals surface area contributed by atoms with E-state index in [1.54, 1.807) is 0 Å². The molecule has 0 aliphatic heterocycles. The Kier molecular flexibility index (Phi) is 7.33. The Morgan fingerprint density at radius 1 is 0.540 bits per heavy atom. The topological polar surface area (TPSA) is 50.2 Å². The van der Waals surface area contributed by atoms with Crippen LogP contribution in [0.4, 0.5) is 0 Å². The lowest BCUT2D eigenvalue weighted by molar-refractivity contribution is 0.670. The van der Waals surface area contributed by atoms with E-state index >= 15 is 0 Å². The maximum absolute atomic E-state index is 6.53. The summed E-state index contributed by atoms with van der Waals surface area (Å²) in [6.45, 7) is 4.45. The van der Waals surface area contributed by atoms with E-state index in [-0.39, 0.29) is 0 Å². The summed E-state index contributed by atoms with van der Waals surface area (Å²) in [7, 11) is 0. The monoisotopic (exact) mass is 641 g/mol. The van der Waals surface area contributed by atoms with Crippen LogP contribution in [0.5, 0.6) is 0 Å². The van der Waals surface area contributed by atoms with Crippen LogP contribution in [0.3, 0.4) is 0 Å². The van der Waals surface area contributed by atoms with Crippen molar-refractivity contribution in [2.75, 3.05) is 0 Å². The third-order valence-electron chi connectivity index (χ3n) is 9.44. The average molecular weight is 642 g/mol. The molecule has 8 aromatic carbocycles. The second-order valence-corrected chi connectivity index (χ2v) is 12.5. The molecule has 0 aliphatic rings. The second-order valence-electron chi connectivity index (χ2n) is 12.5. The number of hydrogen-bond acceptors (Lipinski definition) is 2. The number of rotatable bonds is 5. The van der Waals surface area contributed by atoms with Gasteiger partial charge in [-0.15, -0.1) is 0 Å². The van der Waals surface area contributed by atoms with Gasteiger partial charge >= 0.3 is 0 Å². The largest absolute Gasteiger partial charge is 0.455 e. The van der Waals surface area contributed by atoms with Crippen LogP contribution in [0, 0.1) is 0 Å². The first kappa shape index (κ1) is 29.5. The molecule has 1 aromatic heterocycles. The number of fused-ring (bicyclic) bond motifs is 7. The summed E-state index contributed by atoms with van der Waals surface area (Å²) in [5, 5.41) is 9.11. The smallest absolute Gasteiger partial charge is 0.161 e. The van der Waals surface area contributed by atoms with Crippen molar-refractivity contribution in [3.63, 3.8) is 0 Å². The molecule has 0 saturated carbocycles. The molecule has 9 aromatic rings. The number of nitrogens with zero attached hydrogens (tertiary/aromatic N) is 3. The predicted molar refractivity (Wildman–Crippen MR) is 211 cm³/mol. The summed E-state index contributed by atoms with van der Waals surface area (Å²) in [5.74, 6) is 1.07. The molecule has 236 valence electrons. The van der Waals surface area contributed by atoms with E-state index in [0.29, 0.717) is 18.2 Å². The summed E-state index contributed by atoms with van der Waals surface area (Å²) >= 11 is 0. The lowest BCUT2D eigenvalue weighted by atomic mass is 9.98. The van der Waals surface area contributed by atoms with Gasteiger partial charge < -0.3 is 4.42 Å². The van der Waals surface area contributed by atoms with E-state index < -0.39 is 0 Å². The predicted octanol–water partition coefficient (Wildman–Crippen LogP) is 11.8. The Hall–Kier alpha value is -6.65. The first-order valence-electron chi connectivity index (χ1n) is 16.7. The molecule has 0 amide bonds. The normalized spacial score (nSPS) is 12.4. The van der Waals surface area contributed by atoms with Crippen LogP contribution in [0.15, 0.2) is 183 Å². The Morgan fingerprint density at radius 3 is 2.06 bits per heavy atom. The van der Waals surface area contributed by atoms with Crippen LogP contribution in [-0.4, -0.2) is 18.4 Å². The van der Waals surface area contributed by atoms with E-state index in [1.165, 1.54) is 21.5 Å². The molecule has 0 N–H and O–H groups in total. The minimum absolute atomic E-state index is 0.451. The Morgan fingerprint density at radius 2 is 1.22 bits per heavy atom. The van der Waals surface area contributed by atoms with E-state index in [1.807, 2.05) is 36.4 Å². The van der Waals surface area contributed by atoms with Crippen molar-refractivity contribution in [3.05, 3.63) is 180 Å². The van der Waals surface area contributed by atoms with Gasteiger partial charge in [-0.05, 0) is 80.5 Å². The number of benzene rings is 8. The van der Waals surface area contributed by atoms with E-state index in [0.717, 1.165) is 60.5 Å². The molecule has 0 bridgehead atoms. The Balaban J connectivity index is 1.22. The molecular formula is C46H31N3O. The number of hydrogen-bond donors (Lipinski definition) is 0. The zero-order valence-corrected chi connectivity index (χ0v) is 27.3. The molecule has 0 saturated heterocycles. The van der Waals surface area contributed by atoms with Gasteiger partial charge in [0.15, 0.2) is 11.7 Å².